The van der Waals surface area contributed by atoms with Gasteiger partial charge in [0, 0.05) is 38.7 Å². The molecule has 1 atom stereocenters. The maximum atomic E-state index is 11.1. The number of methoxy groups -OCH3 is 1. The first-order chi connectivity index (χ1) is 11.5. The summed E-state index contributed by atoms with van der Waals surface area (Å²) in [5.41, 5.74) is 6.05. The molecule has 2 rings (SSSR count). The van der Waals surface area contributed by atoms with E-state index in [9.17, 15) is 9.90 Å². The van der Waals surface area contributed by atoms with E-state index in [1.807, 2.05) is 0 Å². The van der Waals surface area contributed by atoms with E-state index in [1.165, 1.54) is 0 Å². The van der Waals surface area contributed by atoms with Gasteiger partial charge in [-0.25, -0.2) is 0 Å². The number of nitrogens with one attached hydrogen (secondary N) is 1. The zero-order chi connectivity index (χ0) is 17.5. The molecular formula is C17H26N4O3. The van der Waals surface area contributed by atoms with Crippen LogP contribution >= 0.6 is 0 Å². The Labute approximate surface area is 142 Å². The van der Waals surface area contributed by atoms with E-state index < -0.39 is 0 Å². The Kier molecular flexibility index (Phi) is 6.28. The molecular weight excluding hydrogens is 308 g/mol. The number of aromatic hydroxyl groups is 1. The number of ether oxygens (including phenoxy) is 1. The molecule has 1 aromatic rings. The minimum Gasteiger partial charge on any atom is -0.508 e. The lowest BCUT2D eigenvalue weighted by atomic mass is 9.95. The van der Waals surface area contributed by atoms with E-state index in [0.29, 0.717) is 18.7 Å². The van der Waals surface area contributed by atoms with Crippen molar-refractivity contribution in [3.05, 3.63) is 23.8 Å². The zero-order valence-corrected chi connectivity index (χ0v) is 14.3. The van der Waals surface area contributed by atoms with Crippen molar-refractivity contribution in [1.82, 2.24) is 10.2 Å². The first-order valence-corrected chi connectivity index (χ1v) is 8.13. The van der Waals surface area contributed by atoms with Crippen LogP contribution < -0.4 is 15.8 Å². The smallest absolute Gasteiger partial charge is 0.217 e. The number of phenolic OH excluding ortho intramolecular Hbond substituents is 1. The topological polar surface area (TPSA) is 100 Å². The Morgan fingerprint density at radius 1 is 1.54 bits per heavy atom. The van der Waals surface area contributed by atoms with Crippen LogP contribution in [-0.4, -0.2) is 49.1 Å². The summed E-state index contributed by atoms with van der Waals surface area (Å²) in [5.74, 6) is 1.67. The lowest BCUT2D eigenvalue weighted by Crippen LogP contribution is -2.46. The van der Waals surface area contributed by atoms with Crippen LogP contribution in [0.5, 0.6) is 11.5 Å². The van der Waals surface area contributed by atoms with Gasteiger partial charge in [-0.1, -0.05) is 0 Å². The van der Waals surface area contributed by atoms with Crippen molar-refractivity contribution in [3.63, 3.8) is 0 Å². The van der Waals surface area contributed by atoms with Crippen LogP contribution in [-0.2, 0) is 11.3 Å². The van der Waals surface area contributed by atoms with E-state index >= 15 is 0 Å². The number of nitrogens with zero attached hydrogens (tertiary/aromatic N) is 2. The van der Waals surface area contributed by atoms with Crippen molar-refractivity contribution in [2.45, 2.75) is 25.8 Å². The summed E-state index contributed by atoms with van der Waals surface area (Å²) in [6.07, 6.45) is 2.42. The number of hydrogen-bond acceptors (Lipinski definition) is 4. The number of primary amides is 1. The standard InChI is InChI=1S/C17H26N4O3/c1-19-17(21-7-3-4-12(11-21)8-16(18)23)20-10-13-9-14(24-2)5-6-15(13)22/h5-6,9,12,22H,3-4,7-8,10-11H2,1-2H3,(H2,18,23)(H,19,20). The molecule has 1 amide bonds. The molecule has 0 aliphatic carbocycles. The number of rotatable bonds is 5. The molecule has 24 heavy (non-hydrogen) atoms. The van der Waals surface area contributed by atoms with Gasteiger partial charge >= 0.3 is 0 Å². The molecule has 7 nitrogen and oxygen atoms in total. The number of likely N-dealkylation sites (tertiary alicyclic amines) is 1. The van der Waals surface area contributed by atoms with Gasteiger partial charge in [-0.3, -0.25) is 9.79 Å². The predicted octanol–water partition coefficient (Wildman–Crippen LogP) is 1.06. The number of piperidine rings is 1. The number of guanidine groups is 1. The number of benzene rings is 1. The van der Waals surface area contributed by atoms with Crippen LogP contribution in [0.4, 0.5) is 0 Å². The minimum absolute atomic E-state index is 0.212. The molecule has 1 aliphatic heterocycles. The highest BCUT2D eigenvalue weighted by Gasteiger charge is 2.23. The molecule has 0 saturated carbocycles. The number of phenols is 1. The number of carbonyl (C=O) groups is 1. The lowest BCUT2D eigenvalue weighted by Gasteiger charge is -2.34. The number of nitrogens with two attached hydrogens (primary N) is 1. The normalized spacial score (nSPS) is 18.3. The number of carbonyl (C=O) groups excluding carboxylic acids is 1. The zero-order valence-electron chi connectivity index (χ0n) is 14.3. The largest absolute Gasteiger partial charge is 0.508 e. The van der Waals surface area contributed by atoms with Gasteiger partial charge in [-0.05, 0) is 37.0 Å². The minimum atomic E-state index is -0.258. The van der Waals surface area contributed by atoms with Crippen molar-refractivity contribution in [2.24, 2.45) is 16.6 Å². The van der Waals surface area contributed by atoms with Crippen molar-refractivity contribution in [2.75, 3.05) is 27.2 Å². The van der Waals surface area contributed by atoms with Crippen molar-refractivity contribution in [3.8, 4) is 11.5 Å². The molecule has 0 aromatic heterocycles. The Balaban J connectivity index is 1.98. The highest BCUT2D eigenvalue weighted by molar-refractivity contribution is 5.80. The molecule has 0 spiro atoms. The number of amides is 1. The van der Waals surface area contributed by atoms with Gasteiger partial charge in [0.15, 0.2) is 5.96 Å². The second-order valence-corrected chi connectivity index (χ2v) is 6.02. The third-order valence-corrected chi connectivity index (χ3v) is 4.24. The Bertz CT molecular complexity index is 603. The molecule has 1 saturated heterocycles. The Morgan fingerprint density at radius 2 is 2.33 bits per heavy atom. The van der Waals surface area contributed by atoms with Gasteiger partial charge in [0.05, 0.1) is 7.11 Å². The maximum Gasteiger partial charge on any atom is 0.217 e. The third-order valence-electron chi connectivity index (χ3n) is 4.24. The SMILES string of the molecule is CN=C(NCc1cc(OC)ccc1O)N1CCCC(CC(N)=O)C1. The average molecular weight is 334 g/mol. The Morgan fingerprint density at radius 3 is 3.00 bits per heavy atom. The monoisotopic (exact) mass is 334 g/mol. The van der Waals surface area contributed by atoms with Crippen LogP contribution in [0.3, 0.4) is 0 Å². The van der Waals surface area contributed by atoms with Gasteiger partial charge < -0.3 is 25.8 Å². The summed E-state index contributed by atoms with van der Waals surface area (Å²) >= 11 is 0. The fraction of sp³-hybridized carbons (Fsp3) is 0.529. The number of aliphatic imine (C=N–C) groups is 1. The van der Waals surface area contributed by atoms with Crippen LogP contribution in [0.25, 0.3) is 0 Å². The second-order valence-electron chi connectivity index (χ2n) is 6.02. The fourth-order valence-electron chi connectivity index (χ4n) is 3.05. The van der Waals surface area contributed by atoms with Crippen molar-refractivity contribution < 1.29 is 14.6 Å². The molecule has 1 aromatic carbocycles. The summed E-state index contributed by atoms with van der Waals surface area (Å²) < 4.78 is 5.19. The average Bonchev–Trinajstić information content (AvgIpc) is 2.56. The molecule has 1 unspecified atom stereocenters. The number of hydrogen-bond donors (Lipinski definition) is 3. The molecule has 1 fully saturated rings. The summed E-state index contributed by atoms with van der Waals surface area (Å²) in [7, 11) is 3.32. The van der Waals surface area contributed by atoms with Crippen LogP contribution in [0.2, 0.25) is 0 Å². The molecule has 132 valence electrons. The summed E-state index contributed by atoms with van der Waals surface area (Å²) in [4.78, 5) is 17.6. The molecule has 1 heterocycles. The summed E-state index contributed by atoms with van der Waals surface area (Å²) in [5, 5.41) is 13.2. The van der Waals surface area contributed by atoms with Crippen molar-refractivity contribution >= 4 is 11.9 Å². The summed E-state index contributed by atoms with van der Waals surface area (Å²) in [6.45, 7) is 2.08. The quantitative estimate of drug-likeness (QED) is 0.552. The van der Waals surface area contributed by atoms with Gasteiger partial charge in [-0.2, -0.15) is 0 Å². The van der Waals surface area contributed by atoms with E-state index in [4.69, 9.17) is 10.5 Å². The van der Waals surface area contributed by atoms with Crippen LogP contribution in [0.15, 0.2) is 23.2 Å². The molecule has 7 heteroatoms. The van der Waals surface area contributed by atoms with E-state index in [1.54, 1.807) is 32.4 Å². The molecule has 0 bridgehead atoms. The lowest BCUT2D eigenvalue weighted by molar-refractivity contribution is -0.119. The summed E-state index contributed by atoms with van der Waals surface area (Å²) in [6, 6.07) is 5.12. The molecule has 1 aliphatic rings. The first kappa shape index (κ1) is 17.9. The van der Waals surface area contributed by atoms with Gasteiger partial charge in [-0.15, -0.1) is 0 Å². The fourth-order valence-corrected chi connectivity index (χ4v) is 3.05. The maximum absolute atomic E-state index is 11.1. The first-order valence-electron chi connectivity index (χ1n) is 8.13. The van der Waals surface area contributed by atoms with E-state index in [2.05, 4.69) is 15.2 Å². The van der Waals surface area contributed by atoms with Gasteiger partial charge in [0.2, 0.25) is 5.91 Å². The van der Waals surface area contributed by atoms with Crippen molar-refractivity contribution in [1.29, 1.82) is 0 Å². The van der Waals surface area contributed by atoms with Gasteiger partial charge in [0.1, 0.15) is 11.5 Å². The Hall–Kier alpha value is -2.44. The highest BCUT2D eigenvalue weighted by atomic mass is 16.5. The van der Waals surface area contributed by atoms with Gasteiger partial charge in [0.25, 0.3) is 0 Å². The predicted molar refractivity (Wildman–Crippen MR) is 93.0 cm³/mol. The van der Waals surface area contributed by atoms with Crippen LogP contribution in [0, 0.1) is 5.92 Å². The molecule has 0 radical (unpaired) electrons. The van der Waals surface area contributed by atoms with Crippen LogP contribution in [0.1, 0.15) is 24.8 Å². The molecule has 4 N–H and O–H groups in total. The highest BCUT2D eigenvalue weighted by Crippen LogP contribution is 2.23. The van der Waals surface area contributed by atoms with E-state index in [0.717, 1.165) is 37.5 Å². The van der Waals surface area contributed by atoms with E-state index in [-0.39, 0.29) is 17.6 Å². The third kappa shape index (κ3) is 4.78. The second kappa shape index (κ2) is 8.42.